The minimum Gasteiger partial charge on any atom is -0.454 e. The van der Waals surface area contributed by atoms with Gasteiger partial charge in [-0.3, -0.25) is 4.99 Å². The maximum Gasteiger partial charge on any atom is 0.433 e. The van der Waals surface area contributed by atoms with Crippen molar-refractivity contribution in [3.63, 3.8) is 0 Å². The van der Waals surface area contributed by atoms with E-state index in [9.17, 15) is 18.3 Å². The van der Waals surface area contributed by atoms with Crippen LogP contribution in [-0.4, -0.2) is 34.5 Å². The van der Waals surface area contributed by atoms with Gasteiger partial charge in [0.15, 0.2) is 0 Å². The summed E-state index contributed by atoms with van der Waals surface area (Å²) in [7, 11) is 0. The Bertz CT molecular complexity index is 704. The summed E-state index contributed by atoms with van der Waals surface area (Å²) in [6, 6.07) is 2.07. The van der Waals surface area contributed by atoms with E-state index in [4.69, 9.17) is 4.74 Å². The second kappa shape index (κ2) is 9.14. The Morgan fingerprint density at radius 3 is 2.59 bits per heavy atom. The number of hydrogen-bond donors (Lipinski definition) is 2. The van der Waals surface area contributed by atoms with Gasteiger partial charge in [0.25, 0.3) is 0 Å². The molecular formula is C19H24F3N3O2. The van der Waals surface area contributed by atoms with Crippen LogP contribution in [-0.2, 0) is 6.18 Å². The Morgan fingerprint density at radius 1 is 1.37 bits per heavy atom. The Morgan fingerprint density at radius 2 is 2.07 bits per heavy atom. The van der Waals surface area contributed by atoms with Crippen LogP contribution in [0.5, 0.6) is 5.75 Å². The number of rotatable bonds is 6. The maximum absolute atomic E-state index is 12.7. The smallest absolute Gasteiger partial charge is 0.433 e. The van der Waals surface area contributed by atoms with E-state index < -0.39 is 17.5 Å². The molecule has 2 heterocycles. The van der Waals surface area contributed by atoms with Crippen LogP contribution < -0.4 is 10.1 Å². The minimum atomic E-state index is -4.51. The molecule has 1 aromatic heterocycles. The quantitative estimate of drug-likeness (QED) is 0.578. The van der Waals surface area contributed by atoms with Crippen molar-refractivity contribution in [2.24, 2.45) is 4.99 Å². The van der Waals surface area contributed by atoms with Crippen molar-refractivity contribution >= 4 is 5.71 Å². The number of alkyl halides is 3. The Hall–Kier alpha value is -2.19. The van der Waals surface area contributed by atoms with Gasteiger partial charge in [-0.2, -0.15) is 13.2 Å². The molecule has 0 atom stereocenters. The van der Waals surface area contributed by atoms with Gasteiger partial charge >= 0.3 is 6.18 Å². The average molecular weight is 383 g/mol. The average Bonchev–Trinajstić information content (AvgIpc) is 2.62. The zero-order chi connectivity index (χ0) is 19.9. The van der Waals surface area contributed by atoms with Gasteiger partial charge in [0.1, 0.15) is 28.5 Å². The number of aromatic nitrogens is 1. The Balaban J connectivity index is 2.34. The number of aliphatic imine (C=N–C) groups is 1. The monoisotopic (exact) mass is 383 g/mol. The first-order valence-corrected chi connectivity index (χ1v) is 8.84. The number of aliphatic hydroxyl groups is 1. The molecule has 0 amide bonds. The summed E-state index contributed by atoms with van der Waals surface area (Å²) in [6.07, 6.45) is 3.07. The highest BCUT2D eigenvalue weighted by Crippen LogP contribution is 2.30. The van der Waals surface area contributed by atoms with Crippen LogP contribution in [0.15, 0.2) is 47.4 Å². The number of allylic oxidation sites excluding steroid dienone is 2. The lowest BCUT2D eigenvalue weighted by molar-refractivity contribution is -0.141. The molecule has 1 aliphatic rings. The fourth-order valence-corrected chi connectivity index (χ4v) is 2.75. The maximum atomic E-state index is 12.7. The number of hydrogen-bond acceptors (Lipinski definition) is 5. The largest absolute Gasteiger partial charge is 0.454 e. The van der Waals surface area contributed by atoms with Gasteiger partial charge in [-0.05, 0) is 57.5 Å². The number of nitrogens with one attached hydrogen (secondary N) is 1. The molecule has 5 nitrogen and oxygen atoms in total. The molecule has 1 aromatic rings. The minimum absolute atomic E-state index is 0.147. The van der Waals surface area contributed by atoms with Crippen molar-refractivity contribution in [3.05, 3.63) is 48.1 Å². The van der Waals surface area contributed by atoms with Gasteiger partial charge in [0, 0.05) is 6.20 Å². The molecule has 0 aromatic carbocycles. The van der Waals surface area contributed by atoms with Crippen LogP contribution in [0.3, 0.4) is 0 Å². The van der Waals surface area contributed by atoms with E-state index >= 15 is 0 Å². The van der Waals surface area contributed by atoms with Crippen molar-refractivity contribution in [1.29, 1.82) is 0 Å². The second-order valence-corrected chi connectivity index (χ2v) is 6.20. The lowest BCUT2D eigenvalue weighted by Gasteiger charge is -2.34. The number of halogens is 3. The summed E-state index contributed by atoms with van der Waals surface area (Å²) in [5.41, 5.74) is -1.80. The van der Waals surface area contributed by atoms with Gasteiger partial charge in [-0.25, -0.2) is 4.98 Å². The normalized spacial score (nSPS) is 18.7. The highest BCUT2D eigenvalue weighted by atomic mass is 19.4. The molecule has 148 valence electrons. The Kier molecular flexibility index (Phi) is 7.15. The second-order valence-electron chi connectivity index (χ2n) is 6.20. The van der Waals surface area contributed by atoms with Crippen LogP contribution >= 0.6 is 0 Å². The van der Waals surface area contributed by atoms with Crippen molar-refractivity contribution in [2.45, 2.75) is 44.9 Å². The van der Waals surface area contributed by atoms with Crippen molar-refractivity contribution in [1.82, 2.24) is 10.3 Å². The molecule has 0 radical (unpaired) electrons. The fourth-order valence-electron chi connectivity index (χ4n) is 2.75. The molecule has 0 saturated carbocycles. The number of pyridine rings is 1. The highest BCUT2D eigenvalue weighted by Gasteiger charge is 2.38. The lowest BCUT2D eigenvalue weighted by Crippen LogP contribution is -2.49. The van der Waals surface area contributed by atoms with Gasteiger partial charge in [-0.15, -0.1) is 0 Å². The van der Waals surface area contributed by atoms with E-state index in [2.05, 4.69) is 15.3 Å². The molecule has 2 rings (SSSR count). The zero-order valence-corrected chi connectivity index (χ0v) is 15.4. The SMILES string of the molecule is C\C=C/N=C(/C(=C/CC)Oc1ccc(C(F)(F)F)nc1)C1(O)CCNCC1. The van der Waals surface area contributed by atoms with E-state index in [0.717, 1.165) is 12.3 Å². The van der Waals surface area contributed by atoms with Gasteiger partial charge in [0.05, 0.1) is 6.20 Å². The zero-order valence-electron chi connectivity index (χ0n) is 15.4. The van der Waals surface area contributed by atoms with E-state index in [0.29, 0.717) is 43.8 Å². The van der Waals surface area contributed by atoms with Gasteiger partial charge < -0.3 is 15.2 Å². The summed E-state index contributed by atoms with van der Waals surface area (Å²) >= 11 is 0. The van der Waals surface area contributed by atoms with E-state index in [1.165, 1.54) is 6.07 Å². The fraction of sp³-hybridized carbons (Fsp3) is 0.474. The number of piperidine rings is 1. The van der Waals surface area contributed by atoms with Crippen molar-refractivity contribution in [3.8, 4) is 5.75 Å². The van der Waals surface area contributed by atoms with E-state index in [1.807, 2.05) is 6.92 Å². The highest BCUT2D eigenvalue weighted by molar-refractivity contribution is 6.05. The molecule has 2 N–H and O–H groups in total. The summed E-state index contributed by atoms with van der Waals surface area (Å²) in [5, 5.41) is 14.3. The third-order valence-corrected chi connectivity index (χ3v) is 4.10. The summed E-state index contributed by atoms with van der Waals surface area (Å²) in [4.78, 5) is 7.79. The lowest BCUT2D eigenvalue weighted by atomic mass is 9.86. The topological polar surface area (TPSA) is 66.7 Å². The van der Waals surface area contributed by atoms with Crippen LogP contribution in [0.25, 0.3) is 0 Å². The van der Waals surface area contributed by atoms with E-state index in [1.54, 1.807) is 25.3 Å². The first-order valence-electron chi connectivity index (χ1n) is 8.84. The van der Waals surface area contributed by atoms with Gasteiger partial charge in [-0.1, -0.05) is 13.0 Å². The van der Waals surface area contributed by atoms with Gasteiger partial charge in [0.2, 0.25) is 0 Å². The molecular weight excluding hydrogens is 359 g/mol. The molecule has 27 heavy (non-hydrogen) atoms. The molecule has 0 aliphatic carbocycles. The van der Waals surface area contributed by atoms with Crippen LogP contribution in [0.4, 0.5) is 13.2 Å². The molecule has 1 fully saturated rings. The molecule has 1 aliphatic heterocycles. The summed E-state index contributed by atoms with van der Waals surface area (Å²) < 4.78 is 43.8. The first-order chi connectivity index (χ1) is 12.8. The predicted molar refractivity (Wildman–Crippen MR) is 97.5 cm³/mol. The molecule has 8 heteroatoms. The number of nitrogens with zero attached hydrogens (tertiary/aromatic N) is 2. The molecule has 0 spiro atoms. The third-order valence-electron chi connectivity index (χ3n) is 4.10. The Labute approximate surface area is 156 Å². The molecule has 0 bridgehead atoms. The summed E-state index contributed by atoms with van der Waals surface area (Å²) in [5.74, 6) is 0.468. The molecule has 0 unspecified atom stereocenters. The van der Waals surface area contributed by atoms with Crippen LogP contribution in [0.2, 0.25) is 0 Å². The molecule has 1 saturated heterocycles. The number of ether oxygens (including phenoxy) is 1. The van der Waals surface area contributed by atoms with Crippen molar-refractivity contribution in [2.75, 3.05) is 13.1 Å². The summed E-state index contributed by atoms with van der Waals surface area (Å²) in [6.45, 7) is 4.96. The van der Waals surface area contributed by atoms with Crippen LogP contribution in [0, 0.1) is 0 Å². The van der Waals surface area contributed by atoms with E-state index in [-0.39, 0.29) is 5.75 Å². The van der Waals surface area contributed by atoms with Crippen LogP contribution in [0.1, 0.15) is 38.8 Å². The van der Waals surface area contributed by atoms with Crippen molar-refractivity contribution < 1.29 is 23.0 Å². The predicted octanol–water partition coefficient (Wildman–Crippen LogP) is 3.86. The first kappa shape index (κ1) is 21.1. The third kappa shape index (κ3) is 5.64. The standard InChI is InChI=1S/C19H24F3N3O2/c1-3-5-15(27-14-6-7-16(25-13-14)19(20,21)22)17(24-10-4-2)18(26)8-11-23-12-9-18/h4-7,10,13,23,26H,3,8-9,11-12H2,1-2H3/b10-4-,15-5-,24-17-.